The predicted octanol–water partition coefficient (Wildman–Crippen LogP) is 4.93. The second-order valence-electron chi connectivity index (χ2n) is 3.71. The first-order valence-corrected chi connectivity index (χ1v) is 7.61. The number of hydrogen-bond acceptors (Lipinski definition) is 2. The van der Waals surface area contributed by atoms with Crippen molar-refractivity contribution >= 4 is 59.4 Å². The summed E-state index contributed by atoms with van der Waals surface area (Å²) in [6.45, 7) is 0. The van der Waals surface area contributed by atoms with Crippen molar-refractivity contribution in [3.63, 3.8) is 0 Å². The zero-order chi connectivity index (χ0) is 14.0. The van der Waals surface area contributed by atoms with E-state index < -0.39 is 0 Å². The summed E-state index contributed by atoms with van der Waals surface area (Å²) >= 11 is 9.95. The second kappa shape index (κ2) is 6.07. The largest absolute Gasteiger partial charge is 0.507 e. The fourth-order valence-corrected chi connectivity index (χ4v) is 2.76. The molecule has 19 heavy (non-hydrogen) atoms. The smallest absolute Gasteiger partial charge is 0.260 e. The predicted molar refractivity (Wildman–Crippen MR) is 85.6 cm³/mol. The Morgan fingerprint density at radius 2 is 1.79 bits per heavy atom. The van der Waals surface area contributed by atoms with Crippen LogP contribution in [0.4, 0.5) is 5.69 Å². The molecule has 0 aliphatic carbocycles. The number of hydrogen-bond donors (Lipinski definition) is 2. The molecule has 2 rings (SSSR count). The summed E-state index contributed by atoms with van der Waals surface area (Å²) in [6.07, 6.45) is 0. The van der Waals surface area contributed by atoms with Crippen LogP contribution >= 0.6 is 47.8 Å². The zero-order valence-electron chi connectivity index (χ0n) is 9.45. The van der Waals surface area contributed by atoms with E-state index in [0.29, 0.717) is 10.2 Å². The van der Waals surface area contributed by atoms with Crippen LogP contribution in [0.5, 0.6) is 5.75 Å². The standard InChI is InChI=1S/C13H8Br3NO2/c14-7-4-5-8(15)10(6-7)17-13(19)12-9(16)2-1-3-11(12)18/h1-6,18H,(H,17,19). The molecule has 0 saturated carbocycles. The average Bonchev–Trinajstić information content (AvgIpc) is 2.33. The number of carbonyl (C=O) groups is 1. The Labute approximate surface area is 135 Å². The van der Waals surface area contributed by atoms with Gasteiger partial charge in [0.2, 0.25) is 0 Å². The molecule has 0 bridgehead atoms. The van der Waals surface area contributed by atoms with E-state index in [0.717, 1.165) is 8.95 Å². The molecular weight excluding hydrogens is 442 g/mol. The number of nitrogens with one attached hydrogen (secondary N) is 1. The Morgan fingerprint density at radius 3 is 2.47 bits per heavy atom. The number of carbonyl (C=O) groups excluding carboxylic acids is 1. The topological polar surface area (TPSA) is 49.3 Å². The normalized spacial score (nSPS) is 10.3. The van der Waals surface area contributed by atoms with Crippen molar-refractivity contribution in [3.05, 3.63) is 55.4 Å². The highest BCUT2D eigenvalue weighted by Crippen LogP contribution is 2.30. The maximum Gasteiger partial charge on any atom is 0.260 e. The summed E-state index contributed by atoms with van der Waals surface area (Å²) in [5.74, 6) is -0.457. The number of rotatable bonds is 2. The summed E-state index contributed by atoms with van der Waals surface area (Å²) < 4.78 is 2.15. The highest BCUT2D eigenvalue weighted by molar-refractivity contribution is 9.11. The summed E-state index contributed by atoms with van der Waals surface area (Å²) in [4.78, 5) is 12.2. The van der Waals surface area contributed by atoms with Gasteiger partial charge in [0.15, 0.2) is 0 Å². The number of benzene rings is 2. The van der Waals surface area contributed by atoms with Gasteiger partial charge in [0.25, 0.3) is 5.91 Å². The van der Waals surface area contributed by atoms with Gasteiger partial charge in [-0.05, 0) is 62.2 Å². The van der Waals surface area contributed by atoms with E-state index in [-0.39, 0.29) is 17.2 Å². The number of aromatic hydroxyl groups is 1. The Bertz CT molecular complexity index is 624. The summed E-state index contributed by atoms with van der Waals surface area (Å²) in [5.41, 5.74) is 0.823. The van der Waals surface area contributed by atoms with E-state index in [4.69, 9.17) is 0 Å². The quantitative estimate of drug-likeness (QED) is 0.682. The number of phenolic OH excluding ortho intramolecular Hbond substituents is 1. The first-order valence-electron chi connectivity index (χ1n) is 5.23. The maximum atomic E-state index is 12.2. The van der Waals surface area contributed by atoms with Gasteiger partial charge in [0.1, 0.15) is 5.75 Å². The van der Waals surface area contributed by atoms with Gasteiger partial charge in [-0.25, -0.2) is 0 Å². The SMILES string of the molecule is O=C(Nc1cc(Br)ccc1Br)c1c(O)cccc1Br. The monoisotopic (exact) mass is 447 g/mol. The minimum absolute atomic E-state index is 0.0713. The molecule has 2 N–H and O–H groups in total. The van der Waals surface area contributed by atoms with E-state index in [2.05, 4.69) is 53.1 Å². The molecule has 98 valence electrons. The highest BCUT2D eigenvalue weighted by atomic mass is 79.9. The molecule has 0 atom stereocenters. The Balaban J connectivity index is 2.34. The van der Waals surface area contributed by atoms with Crippen LogP contribution in [0.25, 0.3) is 0 Å². The average molecular weight is 450 g/mol. The van der Waals surface area contributed by atoms with Crippen LogP contribution in [0, 0.1) is 0 Å². The third-order valence-corrected chi connectivity index (χ3v) is 4.24. The molecule has 1 amide bonds. The van der Waals surface area contributed by atoms with Crippen LogP contribution in [0.1, 0.15) is 10.4 Å². The lowest BCUT2D eigenvalue weighted by Gasteiger charge is -2.10. The lowest BCUT2D eigenvalue weighted by molar-refractivity contribution is 0.102. The van der Waals surface area contributed by atoms with E-state index in [1.807, 2.05) is 12.1 Å². The van der Waals surface area contributed by atoms with Crippen LogP contribution in [-0.2, 0) is 0 Å². The Kier molecular flexibility index (Phi) is 4.65. The van der Waals surface area contributed by atoms with Gasteiger partial charge in [0.05, 0.1) is 11.3 Å². The lowest BCUT2D eigenvalue weighted by Crippen LogP contribution is -2.13. The van der Waals surface area contributed by atoms with Crippen LogP contribution in [-0.4, -0.2) is 11.0 Å². The molecule has 2 aromatic carbocycles. The van der Waals surface area contributed by atoms with Gasteiger partial charge in [0, 0.05) is 13.4 Å². The van der Waals surface area contributed by atoms with Crippen molar-refractivity contribution in [2.45, 2.75) is 0 Å². The molecule has 0 saturated heterocycles. The molecule has 0 unspecified atom stereocenters. The van der Waals surface area contributed by atoms with Crippen LogP contribution in [0.15, 0.2) is 49.8 Å². The molecule has 0 aromatic heterocycles. The minimum Gasteiger partial charge on any atom is -0.507 e. The fourth-order valence-electron chi connectivity index (χ4n) is 1.52. The molecule has 6 heteroatoms. The maximum absolute atomic E-state index is 12.2. The van der Waals surface area contributed by atoms with Crippen molar-refractivity contribution in [1.82, 2.24) is 0 Å². The summed E-state index contributed by atoms with van der Waals surface area (Å²) in [6, 6.07) is 10.3. The fraction of sp³-hybridized carbons (Fsp3) is 0. The third-order valence-electron chi connectivity index (χ3n) is 2.40. The zero-order valence-corrected chi connectivity index (χ0v) is 14.2. The minimum atomic E-state index is -0.385. The van der Waals surface area contributed by atoms with Gasteiger partial charge in [-0.1, -0.05) is 22.0 Å². The molecule has 0 spiro atoms. The third kappa shape index (κ3) is 3.38. The molecule has 0 fully saturated rings. The molecule has 0 aliphatic heterocycles. The first kappa shape index (κ1) is 14.6. The van der Waals surface area contributed by atoms with Gasteiger partial charge < -0.3 is 10.4 Å². The highest BCUT2D eigenvalue weighted by Gasteiger charge is 2.16. The Hall–Kier alpha value is -0.850. The molecule has 3 nitrogen and oxygen atoms in total. The van der Waals surface area contributed by atoms with Gasteiger partial charge in [-0.15, -0.1) is 0 Å². The van der Waals surface area contributed by atoms with Gasteiger partial charge in [-0.3, -0.25) is 4.79 Å². The van der Waals surface area contributed by atoms with E-state index >= 15 is 0 Å². The second-order valence-corrected chi connectivity index (χ2v) is 6.34. The molecule has 0 aliphatic rings. The Morgan fingerprint density at radius 1 is 1.05 bits per heavy atom. The van der Waals surface area contributed by atoms with E-state index in [1.165, 1.54) is 6.07 Å². The molecule has 0 radical (unpaired) electrons. The summed E-state index contributed by atoms with van der Waals surface area (Å²) in [7, 11) is 0. The van der Waals surface area contributed by atoms with Gasteiger partial charge in [-0.2, -0.15) is 0 Å². The van der Waals surface area contributed by atoms with Crippen molar-refractivity contribution in [1.29, 1.82) is 0 Å². The number of halogens is 3. The van der Waals surface area contributed by atoms with Crippen LogP contribution in [0.3, 0.4) is 0 Å². The van der Waals surface area contributed by atoms with Crippen molar-refractivity contribution in [3.8, 4) is 5.75 Å². The summed E-state index contributed by atoms with van der Waals surface area (Å²) in [5, 5.41) is 12.5. The molecular formula is C13H8Br3NO2. The van der Waals surface area contributed by atoms with Gasteiger partial charge >= 0.3 is 0 Å². The molecule has 0 heterocycles. The van der Waals surface area contributed by atoms with E-state index in [9.17, 15) is 9.90 Å². The number of anilines is 1. The number of amides is 1. The van der Waals surface area contributed by atoms with E-state index in [1.54, 1.807) is 18.2 Å². The van der Waals surface area contributed by atoms with Crippen molar-refractivity contribution in [2.24, 2.45) is 0 Å². The van der Waals surface area contributed by atoms with Crippen molar-refractivity contribution in [2.75, 3.05) is 5.32 Å². The van der Waals surface area contributed by atoms with Crippen molar-refractivity contribution < 1.29 is 9.90 Å². The first-order chi connectivity index (χ1) is 8.99. The lowest BCUT2D eigenvalue weighted by atomic mass is 10.2. The molecule has 2 aromatic rings. The number of phenols is 1. The van der Waals surface area contributed by atoms with Crippen LogP contribution in [0.2, 0.25) is 0 Å². The van der Waals surface area contributed by atoms with Crippen LogP contribution < -0.4 is 5.32 Å².